The molecule has 0 radical (unpaired) electrons. The molecule has 5 rings (SSSR count). The van der Waals surface area contributed by atoms with Gasteiger partial charge in [-0.05, 0) is 43.2 Å². The van der Waals surface area contributed by atoms with Crippen molar-refractivity contribution >= 4 is 11.5 Å². The lowest BCUT2D eigenvalue weighted by molar-refractivity contribution is 0.198. The molecule has 1 aromatic carbocycles. The Balaban J connectivity index is 1.32. The maximum Gasteiger partial charge on any atom is 0.147 e. The van der Waals surface area contributed by atoms with Gasteiger partial charge in [0.2, 0.25) is 0 Å². The first-order chi connectivity index (χ1) is 15.1. The number of aryl methyl sites for hydroxylation is 1. The summed E-state index contributed by atoms with van der Waals surface area (Å²) in [5.41, 5.74) is 5.12. The summed E-state index contributed by atoms with van der Waals surface area (Å²) in [6.45, 7) is 7.85. The van der Waals surface area contributed by atoms with E-state index in [2.05, 4.69) is 45.9 Å². The number of hydrogen-bond acceptors (Lipinski definition) is 5. The lowest BCUT2D eigenvalue weighted by Gasteiger charge is -2.38. The summed E-state index contributed by atoms with van der Waals surface area (Å²) in [5.74, 6) is 0.707. The molecule has 0 amide bonds. The zero-order valence-electron chi connectivity index (χ0n) is 17.7. The van der Waals surface area contributed by atoms with Crippen LogP contribution in [-0.2, 0) is 0 Å². The average molecular weight is 417 g/mol. The molecule has 31 heavy (non-hydrogen) atoms. The van der Waals surface area contributed by atoms with Crippen molar-refractivity contribution in [1.82, 2.24) is 24.3 Å². The lowest BCUT2D eigenvalue weighted by Crippen LogP contribution is -2.47. The predicted molar refractivity (Wildman–Crippen MR) is 120 cm³/mol. The monoisotopic (exact) mass is 416 g/mol. The average Bonchev–Trinajstić information content (AvgIpc) is 3.26. The first-order valence-corrected chi connectivity index (χ1v) is 10.6. The van der Waals surface area contributed by atoms with Crippen LogP contribution in [0.5, 0.6) is 0 Å². The van der Waals surface area contributed by atoms with Gasteiger partial charge >= 0.3 is 0 Å². The Hall–Kier alpha value is -3.32. The van der Waals surface area contributed by atoms with Crippen molar-refractivity contribution in [3.05, 3.63) is 78.3 Å². The van der Waals surface area contributed by atoms with E-state index in [4.69, 9.17) is 4.98 Å². The van der Waals surface area contributed by atoms with Gasteiger partial charge in [0.25, 0.3) is 0 Å². The van der Waals surface area contributed by atoms with E-state index in [9.17, 15) is 4.39 Å². The highest BCUT2D eigenvalue weighted by molar-refractivity contribution is 5.66. The number of nitrogens with zero attached hydrogens (tertiary/aromatic N) is 6. The van der Waals surface area contributed by atoms with Gasteiger partial charge in [0.05, 0.1) is 18.1 Å². The minimum absolute atomic E-state index is 0.193. The summed E-state index contributed by atoms with van der Waals surface area (Å²) in [7, 11) is 0. The molecule has 0 aliphatic carbocycles. The number of piperazine rings is 1. The smallest absolute Gasteiger partial charge is 0.147 e. The molecule has 1 atom stereocenters. The molecule has 4 aromatic rings. The van der Waals surface area contributed by atoms with E-state index in [1.165, 1.54) is 12.1 Å². The standard InChI is InChI=1S/C24H25FN6/c1-17-13-23-27-7-8-31(23)16-21(17)22-14-26-15-24(28-22)30-11-9-29(10-12-30)18(2)19-3-5-20(25)6-4-19/h3-8,13-16,18H,9-12H2,1-2H3. The second-order valence-corrected chi connectivity index (χ2v) is 8.08. The molecule has 1 fully saturated rings. The minimum atomic E-state index is -0.193. The molecule has 6 nitrogen and oxygen atoms in total. The Morgan fingerprint density at radius 2 is 1.81 bits per heavy atom. The fourth-order valence-electron chi connectivity index (χ4n) is 4.25. The van der Waals surface area contributed by atoms with Crippen molar-refractivity contribution in [2.45, 2.75) is 19.9 Å². The molecular formula is C24H25FN6. The molecule has 4 heterocycles. The number of imidazole rings is 1. The van der Waals surface area contributed by atoms with Gasteiger partial charge in [0, 0.05) is 56.4 Å². The summed E-state index contributed by atoms with van der Waals surface area (Å²) in [6, 6.07) is 9.14. The highest BCUT2D eigenvalue weighted by Crippen LogP contribution is 2.26. The van der Waals surface area contributed by atoms with Crippen LogP contribution in [0.25, 0.3) is 16.9 Å². The van der Waals surface area contributed by atoms with E-state index in [0.29, 0.717) is 0 Å². The third-order valence-electron chi connectivity index (χ3n) is 6.17. The Morgan fingerprint density at radius 1 is 1.03 bits per heavy atom. The maximum atomic E-state index is 13.2. The quantitative estimate of drug-likeness (QED) is 0.501. The number of pyridine rings is 1. The predicted octanol–water partition coefficient (Wildman–Crippen LogP) is 4.12. The second kappa shape index (κ2) is 8.07. The number of halogens is 1. The first kappa shape index (κ1) is 19.6. The third kappa shape index (κ3) is 3.88. The Bertz CT molecular complexity index is 1190. The zero-order valence-corrected chi connectivity index (χ0v) is 17.7. The van der Waals surface area contributed by atoms with Crippen molar-refractivity contribution in [1.29, 1.82) is 0 Å². The van der Waals surface area contributed by atoms with Gasteiger partial charge in [-0.25, -0.2) is 14.4 Å². The normalized spacial score (nSPS) is 16.0. The van der Waals surface area contributed by atoms with Crippen LogP contribution in [0.15, 0.2) is 61.3 Å². The first-order valence-electron chi connectivity index (χ1n) is 10.6. The van der Waals surface area contributed by atoms with Crippen LogP contribution in [0.1, 0.15) is 24.1 Å². The highest BCUT2D eigenvalue weighted by Gasteiger charge is 2.23. The maximum absolute atomic E-state index is 13.2. The summed E-state index contributed by atoms with van der Waals surface area (Å²) in [5, 5.41) is 0. The molecule has 1 aliphatic rings. The van der Waals surface area contributed by atoms with E-state index in [-0.39, 0.29) is 11.9 Å². The van der Waals surface area contributed by atoms with Gasteiger partial charge < -0.3 is 9.30 Å². The van der Waals surface area contributed by atoms with Crippen LogP contribution >= 0.6 is 0 Å². The molecule has 0 spiro atoms. The van der Waals surface area contributed by atoms with Gasteiger partial charge in [0.1, 0.15) is 17.3 Å². The minimum Gasteiger partial charge on any atom is -0.353 e. The van der Waals surface area contributed by atoms with Crippen molar-refractivity contribution < 1.29 is 4.39 Å². The van der Waals surface area contributed by atoms with Gasteiger partial charge in [-0.3, -0.25) is 9.88 Å². The summed E-state index contributed by atoms with van der Waals surface area (Å²) in [4.78, 5) is 18.5. The van der Waals surface area contributed by atoms with Crippen molar-refractivity contribution in [2.75, 3.05) is 31.1 Å². The van der Waals surface area contributed by atoms with Crippen LogP contribution in [0.4, 0.5) is 10.2 Å². The van der Waals surface area contributed by atoms with Gasteiger partial charge in [-0.2, -0.15) is 0 Å². The Morgan fingerprint density at radius 3 is 2.58 bits per heavy atom. The lowest BCUT2D eigenvalue weighted by atomic mass is 10.1. The number of anilines is 1. The fraction of sp³-hybridized carbons (Fsp3) is 0.292. The fourth-order valence-corrected chi connectivity index (χ4v) is 4.25. The zero-order chi connectivity index (χ0) is 21.4. The molecule has 0 bridgehead atoms. The van der Waals surface area contributed by atoms with E-state index in [0.717, 1.165) is 60.0 Å². The van der Waals surface area contributed by atoms with Crippen molar-refractivity contribution in [2.24, 2.45) is 0 Å². The second-order valence-electron chi connectivity index (χ2n) is 8.08. The molecule has 1 saturated heterocycles. The van der Waals surface area contributed by atoms with Crippen molar-refractivity contribution in [3.8, 4) is 11.3 Å². The number of aromatic nitrogens is 4. The molecule has 158 valence electrons. The van der Waals surface area contributed by atoms with Crippen LogP contribution < -0.4 is 4.90 Å². The molecule has 0 N–H and O–H groups in total. The van der Waals surface area contributed by atoms with Crippen LogP contribution in [0, 0.1) is 12.7 Å². The largest absolute Gasteiger partial charge is 0.353 e. The number of fused-ring (bicyclic) bond motifs is 1. The van der Waals surface area contributed by atoms with Crippen LogP contribution in [0.3, 0.4) is 0 Å². The summed E-state index contributed by atoms with van der Waals surface area (Å²) < 4.78 is 15.2. The topological polar surface area (TPSA) is 49.6 Å². The molecule has 0 saturated carbocycles. The van der Waals surface area contributed by atoms with E-state index < -0.39 is 0 Å². The molecule has 1 unspecified atom stereocenters. The van der Waals surface area contributed by atoms with Crippen molar-refractivity contribution in [3.63, 3.8) is 0 Å². The Labute approximate surface area is 181 Å². The number of hydrogen-bond donors (Lipinski definition) is 0. The molecule has 3 aromatic heterocycles. The highest BCUT2D eigenvalue weighted by atomic mass is 19.1. The van der Waals surface area contributed by atoms with Crippen LogP contribution in [-0.4, -0.2) is 50.4 Å². The molecule has 7 heteroatoms. The SMILES string of the molecule is Cc1cc2nccn2cc1-c1cncc(N2CCN(C(C)c3ccc(F)cc3)CC2)n1. The third-order valence-corrected chi connectivity index (χ3v) is 6.17. The summed E-state index contributed by atoms with van der Waals surface area (Å²) in [6.07, 6.45) is 9.47. The molecule has 1 aliphatic heterocycles. The number of rotatable bonds is 4. The number of benzene rings is 1. The summed E-state index contributed by atoms with van der Waals surface area (Å²) >= 11 is 0. The Kier molecular flexibility index (Phi) is 5.11. The van der Waals surface area contributed by atoms with Gasteiger partial charge in [0.15, 0.2) is 0 Å². The van der Waals surface area contributed by atoms with Crippen LogP contribution in [0.2, 0.25) is 0 Å². The van der Waals surface area contributed by atoms with E-state index >= 15 is 0 Å². The van der Waals surface area contributed by atoms with Gasteiger partial charge in [-0.1, -0.05) is 12.1 Å². The van der Waals surface area contributed by atoms with E-state index in [1.807, 2.05) is 35.1 Å². The van der Waals surface area contributed by atoms with E-state index in [1.54, 1.807) is 6.20 Å². The van der Waals surface area contributed by atoms with Gasteiger partial charge in [-0.15, -0.1) is 0 Å². The molecular weight excluding hydrogens is 391 g/mol.